The van der Waals surface area contributed by atoms with Crippen molar-refractivity contribution in [3.63, 3.8) is 0 Å². The van der Waals surface area contributed by atoms with E-state index in [0.717, 1.165) is 11.1 Å². The summed E-state index contributed by atoms with van der Waals surface area (Å²) in [5.41, 5.74) is 4.62. The van der Waals surface area contributed by atoms with Gasteiger partial charge in [-0.3, -0.25) is 4.79 Å². The van der Waals surface area contributed by atoms with Crippen molar-refractivity contribution in [2.24, 2.45) is 5.92 Å². The van der Waals surface area contributed by atoms with E-state index in [0.29, 0.717) is 18.6 Å². The van der Waals surface area contributed by atoms with Gasteiger partial charge in [0.1, 0.15) is 12.6 Å². The fourth-order valence-electron chi connectivity index (χ4n) is 4.66. The summed E-state index contributed by atoms with van der Waals surface area (Å²) in [6.45, 7) is 0.635. The average Bonchev–Trinajstić information content (AvgIpc) is 3.47. The zero-order chi connectivity index (χ0) is 24.8. The normalized spacial score (nSPS) is 19.5. The number of carboxylic acid groups (broad SMARTS) is 1. The van der Waals surface area contributed by atoms with Crippen molar-refractivity contribution in [1.29, 1.82) is 0 Å². The fraction of sp³-hybridized carbons (Fsp3) is 0.423. The van der Waals surface area contributed by atoms with Gasteiger partial charge in [-0.2, -0.15) is 11.8 Å². The van der Waals surface area contributed by atoms with E-state index in [4.69, 9.17) is 9.47 Å². The van der Waals surface area contributed by atoms with Crippen LogP contribution >= 0.6 is 11.8 Å². The predicted molar refractivity (Wildman–Crippen MR) is 133 cm³/mol. The lowest BCUT2D eigenvalue weighted by Gasteiger charge is -2.17. The third kappa shape index (κ3) is 5.97. The van der Waals surface area contributed by atoms with Crippen LogP contribution in [0.5, 0.6) is 0 Å². The molecule has 0 bridgehead atoms. The number of rotatable bonds is 10. The number of amides is 2. The zero-order valence-electron chi connectivity index (χ0n) is 19.6. The Morgan fingerprint density at radius 2 is 1.77 bits per heavy atom. The molecule has 9 heteroatoms. The zero-order valence-corrected chi connectivity index (χ0v) is 20.4. The number of carbonyl (C=O) groups excluding carboxylic acids is 2. The van der Waals surface area contributed by atoms with Gasteiger partial charge in [-0.25, -0.2) is 9.59 Å². The van der Waals surface area contributed by atoms with Gasteiger partial charge in [-0.1, -0.05) is 48.5 Å². The summed E-state index contributed by atoms with van der Waals surface area (Å²) in [6, 6.07) is 15.4. The molecule has 0 unspecified atom stereocenters. The van der Waals surface area contributed by atoms with E-state index in [2.05, 4.69) is 34.9 Å². The smallest absolute Gasteiger partial charge is 0.407 e. The number of hydrogen-bond donors (Lipinski definition) is 3. The van der Waals surface area contributed by atoms with Crippen LogP contribution in [-0.4, -0.2) is 67.0 Å². The standard InChI is InChI=1S/C26H30N2O6S/c1-35-11-10-23(25(30)31)28-24(29)16-12-17(33-14-16)13-27-26(32)34-15-22-20-8-4-2-6-18(20)19-7-3-5-9-21(19)22/h2-9,16-17,22-23H,10-15H2,1H3,(H,27,32)(H,28,29)(H,30,31)/t16-,17-,23-/m0/s1. The molecule has 3 atom stereocenters. The lowest BCUT2D eigenvalue weighted by Crippen LogP contribution is -2.44. The number of carboxylic acids is 1. The Morgan fingerprint density at radius 3 is 2.40 bits per heavy atom. The second kappa shape index (κ2) is 11.6. The van der Waals surface area contributed by atoms with Crippen LogP contribution in [0, 0.1) is 5.92 Å². The summed E-state index contributed by atoms with van der Waals surface area (Å²) in [5, 5.41) is 14.6. The van der Waals surface area contributed by atoms with Gasteiger partial charge in [0.2, 0.25) is 5.91 Å². The number of benzene rings is 2. The van der Waals surface area contributed by atoms with Crippen LogP contribution in [0.1, 0.15) is 29.9 Å². The van der Waals surface area contributed by atoms with Crippen molar-refractivity contribution in [2.75, 3.05) is 31.8 Å². The minimum absolute atomic E-state index is 0.0164. The monoisotopic (exact) mass is 498 g/mol. The summed E-state index contributed by atoms with van der Waals surface area (Å²) in [5.74, 6) is -1.19. The van der Waals surface area contributed by atoms with Crippen molar-refractivity contribution in [2.45, 2.75) is 30.9 Å². The van der Waals surface area contributed by atoms with E-state index in [1.54, 1.807) is 0 Å². The number of hydrogen-bond acceptors (Lipinski definition) is 6. The Labute approximate surface area is 208 Å². The maximum atomic E-state index is 12.5. The Hall–Kier alpha value is -3.04. The van der Waals surface area contributed by atoms with Gasteiger partial charge >= 0.3 is 12.1 Å². The van der Waals surface area contributed by atoms with E-state index < -0.39 is 24.0 Å². The van der Waals surface area contributed by atoms with Crippen LogP contribution in [0.2, 0.25) is 0 Å². The van der Waals surface area contributed by atoms with Crippen molar-refractivity contribution in [3.8, 4) is 11.1 Å². The maximum Gasteiger partial charge on any atom is 0.407 e. The largest absolute Gasteiger partial charge is 0.480 e. The van der Waals surface area contributed by atoms with E-state index in [-0.39, 0.29) is 37.7 Å². The highest BCUT2D eigenvalue weighted by atomic mass is 32.2. The molecule has 2 aromatic carbocycles. The van der Waals surface area contributed by atoms with Crippen molar-refractivity contribution >= 4 is 29.7 Å². The number of alkyl carbamates (subject to hydrolysis) is 1. The Kier molecular flexibility index (Phi) is 8.30. The van der Waals surface area contributed by atoms with Gasteiger partial charge in [0.25, 0.3) is 0 Å². The molecular weight excluding hydrogens is 468 g/mol. The molecule has 2 aromatic rings. The molecule has 8 nitrogen and oxygen atoms in total. The molecule has 1 saturated heterocycles. The van der Waals surface area contributed by atoms with Gasteiger partial charge in [-0.05, 0) is 47.1 Å². The summed E-state index contributed by atoms with van der Waals surface area (Å²) in [4.78, 5) is 36.2. The fourth-order valence-corrected chi connectivity index (χ4v) is 5.13. The molecule has 3 N–H and O–H groups in total. The molecule has 186 valence electrons. The maximum absolute atomic E-state index is 12.5. The molecule has 0 aromatic heterocycles. The molecule has 4 rings (SSSR count). The topological polar surface area (TPSA) is 114 Å². The quantitative estimate of drug-likeness (QED) is 0.461. The number of ether oxygens (including phenoxy) is 2. The van der Waals surface area contributed by atoms with Gasteiger partial charge in [0, 0.05) is 12.5 Å². The number of fused-ring (bicyclic) bond motifs is 3. The lowest BCUT2D eigenvalue weighted by atomic mass is 9.98. The van der Waals surface area contributed by atoms with Crippen LogP contribution in [-0.2, 0) is 19.1 Å². The molecule has 2 aliphatic rings. The summed E-state index contributed by atoms with van der Waals surface area (Å²) >= 11 is 1.53. The first kappa shape index (κ1) is 25.1. The third-order valence-corrected chi connectivity index (χ3v) is 7.14. The molecule has 1 aliphatic carbocycles. The Morgan fingerprint density at radius 1 is 1.11 bits per heavy atom. The van der Waals surface area contributed by atoms with Gasteiger partial charge in [0.05, 0.1) is 18.6 Å². The highest BCUT2D eigenvalue weighted by Gasteiger charge is 2.33. The molecule has 0 saturated carbocycles. The molecule has 0 radical (unpaired) electrons. The molecule has 1 fully saturated rings. The van der Waals surface area contributed by atoms with E-state index in [1.165, 1.54) is 22.9 Å². The van der Waals surface area contributed by atoms with Crippen LogP contribution < -0.4 is 10.6 Å². The second-order valence-electron chi connectivity index (χ2n) is 8.78. The third-order valence-electron chi connectivity index (χ3n) is 6.49. The number of carbonyl (C=O) groups is 3. The number of thioether (sulfide) groups is 1. The van der Waals surface area contributed by atoms with Crippen molar-refractivity contribution < 1.29 is 29.0 Å². The number of nitrogens with one attached hydrogen (secondary N) is 2. The minimum Gasteiger partial charge on any atom is -0.480 e. The first-order chi connectivity index (χ1) is 17.0. The van der Waals surface area contributed by atoms with Gasteiger partial charge < -0.3 is 25.2 Å². The first-order valence-electron chi connectivity index (χ1n) is 11.7. The SMILES string of the molecule is CSCC[C@H](NC(=O)[C@@H]1CO[C@H](CNC(=O)OCC2c3ccccc3-c3ccccc32)C1)C(=O)O. The average molecular weight is 499 g/mol. The highest BCUT2D eigenvalue weighted by Crippen LogP contribution is 2.44. The molecule has 35 heavy (non-hydrogen) atoms. The summed E-state index contributed by atoms with van der Waals surface area (Å²) in [6.07, 6.45) is 1.79. The molecule has 0 spiro atoms. The second-order valence-corrected chi connectivity index (χ2v) is 9.76. The van der Waals surface area contributed by atoms with Crippen molar-refractivity contribution in [1.82, 2.24) is 10.6 Å². The minimum atomic E-state index is -1.04. The van der Waals surface area contributed by atoms with Crippen LogP contribution in [0.4, 0.5) is 4.79 Å². The van der Waals surface area contributed by atoms with Crippen LogP contribution in [0.15, 0.2) is 48.5 Å². The lowest BCUT2D eigenvalue weighted by molar-refractivity contribution is -0.142. The summed E-state index contributed by atoms with van der Waals surface area (Å²) < 4.78 is 11.2. The molecule has 1 aliphatic heterocycles. The van der Waals surface area contributed by atoms with E-state index >= 15 is 0 Å². The van der Waals surface area contributed by atoms with Crippen LogP contribution in [0.3, 0.4) is 0 Å². The molecule has 2 amide bonds. The van der Waals surface area contributed by atoms with Gasteiger partial charge in [-0.15, -0.1) is 0 Å². The first-order valence-corrected chi connectivity index (χ1v) is 13.1. The molecule has 1 heterocycles. The summed E-state index contributed by atoms with van der Waals surface area (Å²) in [7, 11) is 0. The van der Waals surface area contributed by atoms with Crippen LogP contribution in [0.25, 0.3) is 11.1 Å². The van der Waals surface area contributed by atoms with Crippen molar-refractivity contribution in [3.05, 3.63) is 59.7 Å². The predicted octanol–water partition coefficient (Wildman–Crippen LogP) is 3.25. The highest BCUT2D eigenvalue weighted by molar-refractivity contribution is 7.98. The Balaban J connectivity index is 1.23. The number of aliphatic carboxylic acids is 1. The molecular formula is C26H30N2O6S. The van der Waals surface area contributed by atoms with E-state index in [1.807, 2.05) is 30.5 Å². The van der Waals surface area contributed by atoms with Gasteiger partial charge in [0.15, 0.2) is 0 Å². The Bertz CT molecular complexity index is 1030. The van der Waals surface area contributed by atoms with E-state index in [9.17, 15) is 19.5 Å².